The van der Waals surface area contributed by atoms with Crippen molar-refractivity contribution in [3.05, 3.63) is 54.1 Å². The van der Waals surface area contributed by atoms with Crippen LogP contribution in [-0.4, -0.2) is 14.3 Å². The van der Waals surface area contributed by atoms with E-state index in [4.69, 9.17) is 0 Å². The lowest BCUT2D eigenvalue weighted by atomic mass is 9.84. The molecule has 0 N–H and O–H groups in total. The van der Waals surface area contributed by atoms with E-state index in [1.54, 1.807) is 5.56 Å². The fraction of sp³-hybridized carbons (Fsp3) is 0.474. The van der Waals surface area contributed by atoms with Crippen LogP contribution >= 0.6 is 0 Å². The number of hydrogen-bond acceptors (Lipinski definition) is 1. The molecule has 1 heterocycles. The van der Waals surface area contributed by atoms with Crippen molar-refractivity contribution in [1.82, 2.24) is 0 Å². The van der Waals surface area contributed by atoms with Gasteiger partial charge in [0.2, 0.25) is 0 Å². The standard InChI is InChI=1S/C19H25NSi/c1-13-14-9-5-6-10-15(14)19-18(13)16-11-7-8-12-17(16)20(19)21(2,3)4/h5-15,18-19H,1-4H3. The zero-order valence-corrected chi connectivity index (χ0v) is 14.5. The largest absolute Gasteiger partial charge is 0.394 e. The molecule has 3 aliphatic rings. The summed E-state index contributed by atoms with van der Waals surface area (Å²) in [5, 5.41) is 0. The second-order valence-corrected chi connectivity index (χ2v) is 12.7. The Morgan fingerprint density at radius 2 is 1.62 bits per heavy atom. The van der Waals surface area contributed by atoms with Gasteiger partial charge >= 0.3 is 0 Å². The molecule has 2 aliphatic carbocycles. The van der Waals surface area contributed by atoms with E-state index in [9.17, 15) is 0 Å². The van der Waals surface area contributed by atoms with Crippen LogP contribution in [0.3, 0.4) is 0 Å². The minimum absolute atomic E-state index is 0.676. The molecule has 1 nitrogen and oxygen atoms in total. The number of hydrogen-bond donors (Lipinski definition) is 0. The molecule has 0 radical (unpaired) electrons. The molecule has 0 bridgehead atoms. The molecule has 4 rings (SSSR count). The Hall–Kier alpha value is -1.28. The van der Waals surface area contributed by atoms with Gasteiger partial charge in [0.25, 0.3) is 0 Å². The quantitative estimate of drug-likeness (QED) is 0.673. The van der Waals surface area contributed by atoms with E-state index in [0.29, 0.717) is 17.9 Å². The highest BCUT2D eigenvalue weighted by Crippen LogP contribution is 2.59. The summed E-state index contributed by atoms with van der Waals surface area (Å²) in [6, 6.07) is 9.86. The minimum atomic E-state index is -1.39. The number of anilines is 1. The first-order chi connectivity index (χ1) is 10.00. The molecule has 1 fully saturated rings. The number of para-hydroxylation sites is 1. The van der Waals surface area contributed by atoms with E-state index in [1.807, 2.05) is 0 Å². The van der Waals surface area contributed by atoms with Gasteiger partial charge in [-0.15, -0.1) is 0 Å². The van der Waals surface area contributed by atoms with Gasteiger partial charge in [-0.05, 0) is 23.5 Å². The summed E-state index contributed by atoms with van der Waals surface area (Å²) in [5.41, 5.74) is 3.13. The maximum Gasteiger partial charge on any atom is 0.147 e. The average Bonchev–Trinajstić information content (AvgIpc) is 2.93. The van der Waals surface area contributed by atoms with E-state index in [-0.39, 0.29) is 0 Å². The van der Waals surface area contributed by atoms with E-state index in [0.717, 1.165) is 11.8 Å². The molecule has 0 saturated heterocycles. The average molecular weight is 296 g/mol. The van der Waals surface area contributed by atoms with E-state index in [2.05, 4.69) is 79.7 Å². The summed E-state index contributed by atoms with van der Waals surface area (Å²) in [5.74, 6) is 2.85. The zero-order chi connectivity index (χ0) is 14.8. The normalized spacial score (nSPS) is 36.6. The summed E-state index contributed by atoms with van der Waals surface area (Å²) < 4.78 is 2.84. The third-order valence-corrected chi connectivity index (χ3v) is 7.72. The molecule has 21 heavy (non-hydrogen) atoms. The Kier molecular flexibility index (Phi) is 2.78. The minimum Gasteiger partial charge on any atom is -0.394 e. The van der Waals surface area contributed by atoms with Crippen molar-refractivity contribution < 1.29 is 0 Å². The molecule has 5 unspecified atom stereocenters. The number of nitrogens with zero attached hydrogens (tertiary/aromatic N) is 1. The monoisotopic (exact) mass is 295 g/mol. The predicted octanol–water partition coefficient (Wildman–Crippen LogP) is 4.80. The van der Waals surface area contributed by atoms with Crippen molar-refractivity contribution in [2.75, 3.05) is 4.57 Å². The van der Waals surface area contributed by atoms with Crippen molar-refractivity contribution in [2.24, 2.45) is 17.8 Å². The lowest BCUT2D eigenvalue weighted by molar-refractivity contribution is 0.429. The topological polar surface area (TPSA) is 3.24 Å². The second kappa shape index (κ2) is 4.36. The first kappa shape index (κ1) is 13.4. The fourth-order valence-electron chi connectivity index (χ4n) is 5.06. The van der Waals surface area contributed by atoms with Crippen LogP contribution < -0.4 is 4.57 Å². The van der Waals surface area contributed by atoms with E-state index < -0.39 is 8.24 Å². The number of rotatable bonds is 1. The number of benzene rings is 1. The summed E-state index contributed by atoms with van der Waals surface area (Å²) in [6.45, 7) is 9.95. The highest BCUT2D eigenvalue weighted by molar-refractivity contribution is 6.80. The fourth-order valence-corrected chi connectivity index (χ4v) is 7.21. The Labute approximate surface area is 129 Å². The molecule has 1 aromatic carbocycles. The number of allylic oxidation sites excluding steroid dienone is 3. The van der Waals surface area contributed by atoms with E-state index in [1.165, 1.54) is 5.69 Å². The molecule has 0 aromatic heterocycles. The van der Waals surface area contributed by atoms with Crippen LogP contribution in [0, 0.1) is 17.8 Å². The Morgan fingerprint density at radius 3 is 2.33 bits per heavy atom. The molecular weight excluding hydrogens is 270 g/mol. The molecule has 5 atom stereocenters. The Morgan fingerprint density at radius 1 is 0.952 bits per heavy atom. The second-order valence-electron chi connectivity index (χ2n) is 7.90. The van der Waals surface area contributed by atoms with Gasteiger partial charge in [0.05, 0.1) is 0 Å². The van der Waals surface area contributed by atoms with Gasteiger partial charge in [0.1, 0.15) is 8.24 Å². The highest BCUT2D eigenvalue weighted by atomic mass is 28.3. The molecular formula is C19H25NSi. The van der Waals surface area contributed by atoms with Gasteiger partial charge in [0, 0.05) is 23.6 Å². The van der Waals surface area contributed by atoms with Gasteiger partial charge in [-0.25, -0.2) is 0 Å². The molecule has 2 heteroatoms. The first-order valence-corrected chi connectivity index (χ1v) is 11.7. The maximum absolute atomic E-state index is 2.84. The molecule has 1 aromatic rings. The first-order valence-electron chi connectivity index (χ1n) is 8.23. The summed E-state index contributed by atoms with van der Waals surface area (Å²) in [7, 11) is -1.39. The molecule has 1 saturated carbocycles. The molecule has 110 valence electrons. The van der Waals surface area contributed by atoms with Crippen LogP contribution in [0.2, 0.25) is 19.6 Å². The summed E-state index contributed by atoms with van der Waals surface area (Å²) in [4.78, 5) is 0. The van der Waals surface area contributed by atoms with Gasteiger partial charge in [-0.2, -0.15) is 0 Å². The molecule has 0 amide bonds. The van der Waals surface area contributed by atoms with Crippen LogP contribution in [0.15, 0.2) is 48.6 Å². The van der Waals surface area contributed by atoms with Crippen molar-refractivity contribution in [3.8, 4) is 0 Å². The lowest BCUT2D eigenvalue weighted by Crippen LogP contribution is -2.52. The van der Waals surface area contributed by atoms with Crippen LogP contribution in [-0.2, 0) is 0 Å². The van der Waals surface area contributed by atoms with Crippen molar-refractivity contribution in [3.63, 3.8) is 0 Å². The third kappa shape index (κ3) is 1.75. The zero-order valence-electron chi connectivity index (χ0n) is 13.5. The van der Waals surface area contributed by atoms with Crippen molar-refractivity contribution in [1.29, 1.82) is 0 Å². The van der Waals surface area contributed by atoms with Crippen molar-refractivity contribution in [2.45, 2.75) is 38.5 Å². The SMILES string of the molecule is CC1C2C=CC=CC2C2C1c1ccccc1N2[Si](C)(C)C. The van der Waals surface area contributed by atoms with Crippen LogP contribution in [0.4, 0.5) is 5.69 Å². The highest BCUT2D eigenvalue weighted by Gasteiger charge is 2.56. The van der Waals surface area contributed by atoms with E-state index >= 15 is 0 Å². The van der Waals surface area contributed by atoms with Gasteiger partial charge < -0.3 is 4.57 Å². The molecule has 0 spiro atoms. The van der Waals surface area contributed by atoms with Gasteiger partial charge in [-0.3, -0.25) is 0 Å². The van der Waals surface area contributed by atoms with Gasteiger partial charge in [-0.1, -0.05) is 69.1 Å². The summed E-state index contributed by atoms with van der Waals surface area (Å²) in [6.07, 6.45) is 9.45. The van der Waals surface area contributed by atoms with Crippen molar-refractivity contribution >= 4 is 13.9 Å². The van der Waals surface area contributed by atoms with Crippen LogP contribution in [0.5, 0.6) is 0 Å². The lowest BCUT2D eigenvalue weighted by Gasteiger charge is -2.41. The Bertz CT molecular complexity index is 625. The third-order valence-electron chi connectivity index (χ3n) is 5.73. The molecule has 1 aliphatic heterocycles. The van der Waals surface area contributed by atoms with Crippen LogP contribution in [0.1, 0.15) is 18.4 Å². The summed E-state index contributed by atoms with van der Waals surface area (Å²) >= 11 is 0. The Balaban J connectivity index is 1.90. The maximum atomic E-state index is 2.84. The predicted molar refractivity (Wildman–Crippen MR) is 93.2 cm³/mol. The smallest absolute Gasteiger partial charge is 0.147 e. The number of fused-ring (bicyclic) bond motifs is 5. The van der Waals surface area contributed by atoms with Crippen LogP contribution in [0.25, 0.3) is 0 Å². The van der Waals surface area contributed by atoms with Gasteiger partial charge in [0.15, 0.2) is 0 Å².